The second-order valence-electron chi connectivity index (χ2n) is 5.02. The van der Waals surface area contributed by atoms with Crippen molar-refractivity contribution in [2.75, 3.05) is 13.6 Å². The van der Waals surface area contributed by atoms with E-state index in [1.165, 1.54) is 11.1 Å². The molecule has 1 aromatic rings. The Morgan fingerprint density at radius 1 is 1.32 bits per heavy atom. The van der Waals surface area contributed by atoms with Gasteiger partial charge in [-0.15, -0.1) is 12.4 Å². The minimum Gasteiger partial charge on any atom is -0.481 e. The summed E-state index contributed by atoms with van der Waals surface area (Å²) in [6, 6.07) is 9.02. The Hall–Kier alpha value is -1.06. The number of nitrogens with zero attached hydrogens (tertiary/aromatic N) is 1. The Labute approximate surface area is 122 Å². The van der Waals surface area contributed by atoms with Crippen LogP contribution in [0.1, 0.15) is 30.9 Å². The summed E-state index contributed by atoms with van der Waals surface area (Å²) in [6.07, 6.45) is 1.97. The number of carbonyl (C=O) groups is 1. The molecule has 19 heavy (non-hydrogen) atoms. The molecule has 0 saturated carbocycles. The van der Waals surface area contributed by atoms with Gasteiger partial charge in [0.2, 0.25) is 0 Å². The smallest absolute Gasteiger partial charge is 0.303 e. The van der Waals surface area contributed by atoms with E-state index in [0.29, 0.717) is 12.5 Å². The van der Waals surface area contributed by atoms with E-state index in [1.807, 2.05) is 0 Å². The van der Waals surface area contributed by atoms with E-state index in [4.69, 9.17) is 5.11 Å². The molecule has 1 unspecified atom stereocenters. The summed E-state index contributed by atoms with van der Waals surface area (Å²) in [5.41, 5.74) is 2.61. The van der Waals surface area contributed by atoms with Gasteiger partial charge in [0.05, 0.1) is 0 Å². The molecule has 0 amide bonds. The van der Waals surface area contributed by atoms with Crippen LogP contribution < -0.4 is 0 Å². The topological polar surface area (TPSA) is 40.5 Å². The molecule has 4 heteroatoms. The molecule has 3 nitrogen and oxygen atoms in total. The number of aliphatic carboxylic acids is 1. The number of aryl methyl sites for hydroxylation is 1. The van der Waals surface area contributed by atoms with Crippen molar-refractivity contribution in [2.45, 2.75) is 39.2 Å². The Morgan fingerprint density at radius 3 is 2.42 bits per heavy atom. The van der Waals surface area contributed by atoms with Crippen LogP contribution >= 0.6 is 12.4 Å². The quantitative estimate of drug-likeness (QED) is 0.837. The van der Waals surface area contributed by atoms with Crippen LogP contribution in [-0.2, 0) is 11.2 Å². The van der Waals surface area contributed by atoms with Crippen molar-refractivity contribution in [3.63, 3.8) is 0 Å². The largest absolute Gasteiger partial charge is 0.481 e. The maximum atomic E-state index is 10.5. The zero-order valence-corrected chi connectivity index (χ0v) is 12.7. The molecule has 0 bridgehead atoms. The van der Waals surface area contributed by atoms with Crippen LogP contribution in [-0.4, -0.2) is 35.6 Å². The van der Waals surface area contributed by atoms with Crippen molar-refractivity contribution >= 4 is 18.4 Å². The summed E-state index contributed by atoms with van der Waals surface area (Å²) in [5, 5.41) is 8.61. The number of hydrogen-bond donors (Lipinski definition) is 1. The fraction of sp³-hybridized carbons (Fsp3) is 0.533. The highest BCUT2D eigenvalue weighted by Gasteiger charge is 2.10. The fourth-order valence-electron chi connectivity index (χ4n) is 1.92. The first-order valence-electron chi connectivity index (χ1n) is 6.46. The minimum atomic E-state index is -0.713. The Kier molecular flexibility index (Phi) is 8.44. The number of carboxylic acid groups (broad SMARTS) is 1. The third-order valence-electron chi connectivity index (χ3n) is 3.31. The maximum absolute atomic E-state index is 10.5. The van der Waals surface area contributed by atoms with Crippen molar-refractivity contribution < 1.29 is 9.90 Å². The zero-order valence-electron chi connectivity index (χ0n) is 11.9. The summed E-state index contributed by atoms with van der Waals surface area (Å²) in [5.74, 6) is -0.713. The van der Waals surface area contributed by atoms with Gasteiger partial charge < -0.3 is 10.0 Å². The van der Waals surface area contributed by atoms with E-state index in [1.54, 1.807) is 0 Å². The highest BCUT2D eigenvalue weighted by atomic mass is 35.5. The lowest BCUT2D eigenvalue weighted by atomic mass is 10.0. The minimum absolute atomic E-state index is 0. The number of likely N-dealkylation sites (N-methyl/N-ethyl adjacent to an activating group) is 1. The molecule has 1 atom stereocenters. The molecule has 1 aromatic carbocycles. The van der Waals surface area contributed by atoms with E-state index < -0.39 is 5.97 Å². The van der Waals surface area contributed by atoms with Crippen molar-refractivity contribution in [2.24, 2.45) is 0 Å². The van der Waals surface area contributed by atoms with E-state index in [0.717, 1.165) is 13.0 Å². The van der Waals surface area contributed by atoms with Crippen molar-refractivity contribution in [3.8, 4) is 0 Å². The SMILES string of the molecule is Cc1ccc(CC(C)N(C)CCCC(=O)O)cc1.Cl. The lowest BCUT2D eigenvalue weighted by Crippen LogP contribution is -2.32. The predicted molar refractivity (Wildman–Crippen MR) is 81.1 cm³/mol. The molecular weight excluding hydrogens is 262 g/mol. The molecule has 0 saturated heterocycles. The van der Waals surface area contributed by atoms with Crippen molar-refractivity contribution in [1.82, 2.24) is 4.90 Å². The zero-order chi connectivity index (χ0) is 13.5. The first-order chi connectivity index (χ1) is 8.49. The molecule has 0 aromatic heterocycles. The monoisotopic (exact) mass is 285 g/mol. The van der Waals surface area contributed by atoms with Crippen molar-refractivity contribution in [3.05, 3.63) is 35.4 Å². The molecule has 1 N–H and O–H groups in total. The van der Waals surface area contributed by atoms with Gasteiger partial charge in [0.1, 0.15) is 0 Å². The first kappa shape index (κ1) is 17.9. The summed E-state index contributed by atoms with van der Waals surface area (Å²) in [6.45, 7) is 5.10. The number of hydrogen-bond acceptors (Lipinski definition) is 2. The van der Waals surface area contributed by atoms with Gasteiger partial charge >= 0.3 is 5.97 Å². The molecule has 1 rings (SSSR count). The number of carboxylic acids is 1. The number of rotatable bonds is 7. The first-order valence-corrected chi connectivity index (χ1v) is 6.46. The molecule has 0 aliphatic rings. The lowest BCUT2D eigenvalue weighted by Gasteiger charge is -2.24. The molecule has 0 heterocycles. The highest BCUT2D eigenvalue weighted by molar-refractivity contribution is 5.85. The molecule has 0 spiro atoms. The summed E-state index contributed by atoms with van der Waals surface area (Å²) < 4.78 is 0. The second-order valence-corrected chi connectivity index (χ2v) is 5.02. The van der Waals surface area contributed by atoms with Gasteiger partial charge in [-0.3, -0.25) is 4.79 Å². The predicted octanol–water partition coefficient (Wildman–Crippen LogP) is 3.14. The molecule has 0 radical (unpaired) electrons. The molecular formula is C15H24ClNO2. The number of halogens is 1. The maximum Gasteiger partial charge on any atom is 0.303 e. The van der Waals surface area contributed by atoms with Crippen LogP contribution in [0.15, 0.2) is 24.3 Å². The summed E-state index contributed by atoms with van der Waals surface area (Å²) in [4.78, 5) is 12.7. The van der Waals surface area contributed by atoms with Gasteiger partial charge in [-0.05, 0) is 45.8 Å². The Morgan fingerprint density at radius 2 is 1.89 bits per heavy atom. The van der Waals surface area contributed by atoms with E-state index >= 15 is 0 Å². The lowest BCUT2D eigenvalue weighted by molar-refractivity contribution is -0.137. The van der Waals surface area contributed by atoms with E-state index in [2.05, 4.69) is 50.1 Å². The Balaban J connectivity index is 0.00000324. The van der Waals surface area contributed by atoms with E-state index in [9.17, 15) is 4.79 Å². The molecule has 0 aliphatic heterocycles. The standard InChI is InChI=1S/C15H23NO2.ClH/c1-12-6-8-14(9-7-12)11-13(2)16(3)10-4-5-15(17)18;/h6-9,13H,4-5,10-11H2,1-3H3,(H,17,18);1H. The molecule has 108 valence electrons. The molecule has 0 aliphatic carbocycles. The van der Waals surface area contributed by atoms with Crippen LogP contribution in [0.2, 0.25) is 0 Å². The van der Waals surface area contributed by atoms with Crippen LogP contribution in [0, 0.1) is 6.92 Å². The van der Waals surface area contributed by atoms with Crippen LogP contribution in [0.4, 0.5) is 0 Å². The van der Waals surface area contributed by atoms with Crippen LogP contribution in [0.25, 0.3) is 0 Å². The van der Waals surface area contributed by atoms with Crippen LogP contribution in [0.3, 0.4) is 0 Å². The van der Waals surface area contributed by atoms with Gasteiger partial charge in [-0.1, -0.05) is 29.8 Å². The third kappa shape index (κ3) is 7.19. The van der Waals surface area contributed by atoms with Gasteiger partial charge in [0.15, 0.2) is 0 Å². The Bertz CT molecular complexity index is 378. The summed E-state index contributed by atoms with van der Waals surface area (Å²) in [7, 11) is 2.06. The average Bonchev–Trinajstić information content (AvgIpc) is 2.31. The van der Waals surface area contributed by atoms with Gasteiger partial charge in [0, 0.05) is 12.5 Å². The normalized spacial score (nSPS) is 12.0. The third-order valence-corrected chi connectivity index (χ3v) is 3.31. The fourth-order valence-corrected chi connectivity index (χ4v) is 1.92. The van der Waals surface area contributed by atoms with E-state index in [-0.39, 0.29) is 18.8 Å². The van der Waals surface area contributed by atoms with Gasteiger partial charge in [0.25, 0.3) is 0 Å². The summed E-state index contributed by atoms with van der Waals surface area (Å²) >= 11 is 0. The van der Waals surface area contributed by atoms with Crippen LogP contribution in [0.5, 0.6) is 0 Å². The van der Waals surface area contributed by atoms with Gasteiger partial charge in [-0.25, -0.2) is 0 Å². The number of benzene rings is 1. The average molecular weight is 286 g/mol. The van der Waals surface area contributed by atoms with Crippen molar-refractivity contribution in [1.29, 1.82) is 0 Å². The highest BCUT2D eigenvalue weighted by Crippen LogP contribution is 2.09. The van der Waals surface area contributed by atoms with Gasteiger partial charge in [-0.2, -0.15) is 0 Å². The second kappa shape index (κ2) is 8.94. The molecule has 0 fully saturated rings.